The predicted molar refractivity (Wildman–Crippen MR) is 101 cm³/mol. The van der Waals surface area contributed by atoms with E-state index in [4.69, 9.17) is 4.74 Å². The van der Waals surface area contributed by atoms with Crippen molar-refractivity contribution in [2.24, 2.45) is 0 Å². The van der Waals surface area contributed by atoms with Crippen molar-refractivity contribution in [3.8, 4) is 5.75 Å². The van der Waals surface area contributed by atoms with E-state index in [2.05, 4.69) is 5.32 Å². The van der Waals surface area contributed by atoms with E-state index >= 15 is 0 Å². The normalized spacial score (nSPS) is 12.9. The minimum Gasteiger partial charge on any atom is -0.491 e. The zero-order valence-corrected chi connectivity index (χ0v) is 15.5. The van der Waals surface area contributed by atoms with Crippen LogP contribution in [0.1, 0.15) is 38.3 Å². The number of rotatable bonds is 7. The lowest BCUT2D eigenvalue weighted by atomic mass is 10.1. The number of nitrogens with zero attached hydrogens (tertiary/aromatic N) is 1. The van der Waals surface area contributed by atoms with Gasteiger partial charge in [0.1, 0.15) is 12.4 Å². The Bertz CT molecular complexity index is 836. The molecule has 2 aromatic rings. The second-order valence-corrected chi connectivity index (χ2v) is 6.48. The van der Waals surface area contributed by atoms with E-state index in [0.29, 0.717) is 24.3 Å². The van der Waals surface area contributed by atoms with E-state index in [9.17, 15) is 14.4 Å². The number of aryl methyl sites for hydroxylation is 2. The number of hydrogen-bond acceptors (Lipinski definition) is 4. The minimum absolute atomic E-state index is 0.0643. The molecule has 27 heavy (non-hydrogen) atoms. The van der Waals surface area contributed by atoms with Crippen molar-refractivity contribution >= 4 is 17.7 Å². The first-order valence-electron chi connectivity index (χ1n) is 8.90. The van der Waals surface area contributed by atoms with Crippen LogP contribution in [0.15, 0.2) is 42.5 Å². The highest BCUT2D eigenvalue weighted by atomic mass is 16.5. The zero-order valence-electron chi connectivity index (χ0n) is 15.5. The smallest absolute Gasteiger partial charge is 0.261 e. The Labute approximate surface area is 158 Å². The van der Waals surface area contributed by atoms with Crippen LogP contribution in [0.5, 0.6) is 5.75 Å². The van der Waals surface area contributed by atoms with Crippen LogP contribution in [0.4, 0.5) is 0 Å². The van der Waals surface area contributed by atoms with Crippen LogP contribution in [0.2, 0.25) is 0 Å². The molecule has 3 rings (SSSR count). The number of carbonyl (C=O) groups excluding carboxylic acids is 3. The average molecular weight is 366 g/mol. The number of para-hydroxylation sites is 1. The van der Waals surface area contributed by atoms with Gasteiger partial charge in [-0.15, -0.1) is 0 Å². The Morgan fingerprint density at radius 2 is 1.56 bits per heavy atom. The summed E-state index contributed by atoms with van der Waals surface area (Å²) in [6.07, 6.45) is 0.0643. The van der Waals surface area contributed by atoms with Gasteiger partial charge in [-0.25, -0.2) is 0 Å². The van der Waals surface area contributed by atoms with Gasteiger partial charge in [-0.1, -0.05) is 30.3 Å². The molecule has 0 aromatic heterocycles. The first-order chi connectivity index (χ1) is 13.0. The Balaban J connectivity index is 1.43. The number of hydrogen-bond donors (Lipinski definition) is 1. The molecule has 0 unspecified atom stereocenters. The van der Waals surface area contributed by atoms with Crippen LogP contribution in [0.25, 0.3) is 0 Å². The van der Waals surface area contributed by atoms with Crippen LogP contribution >= 0.6 is 0 Å². The number of benzene rings is 2. The van der Waals surface area contributed by atoms with Crippen molar-refractivity contribution in [1.82, 2.24) is 10.2 Å². The third kappa shape index (κ3) is 4.00. The van der Waals surface area contributed by atoms with Crippen molar-refractivity contribution < 1.29 is 19.1 Å². The first kappa shape index (κ1) is 18.6. The van der Waals surface area contributed by atoms with Crippen molar-refractivity contribution in [3.05, 3.63) is 64.7 Å². The molecule has 3 amide bonds. The quantitative estimate of drug-likeness (QED) is 0.603. The molecule has 1 aliphatic rings. The van der Waals surface area contributed by atoms with Gasteiger partial charge in [-0.2, -0.15) is 0 Å². The molecule has 1 N–H and O–H groups in total. The monoisotopic (exact) mass is 366 g/mol. The van der Waals surface area contributed by atoms with Crippen LogP contribution in [0.3, 0.4) is 0 Å². The molecule has 1 heterocycles. The average Bonchev–Trinajstić information content (AvgIpc) is 2.90. The molecule has 0 atom stereocenters. The van der Waals surface area contributed by atoms with E-state index in [-0.39, 0.29) is 30.7 Å². The Hall–Kier alpha value is -3.15. The summed E-state index contributed by atoms with van der Waals surface area (Å²) < 4.78 is 5.74. The van der Waals surface area contributed by atoms with Crippen molar-refractivity contribution in [2.45, 2.75) is 20.3 Å². The molecule has 0 bridgehead atoms. The van der Waals surface area contributed by atoms with Gasteiger partial charge in [0.15, 0.2) is 0 Å². The molecular weight excluding hydrogens is 344 g/mol. The predicted octanol–water partition coefficient (Wildman–Crippen LogP) is 2.48. The number of fused-ring (bicyclic) bond motifs is 1. The summed E-state index contributed by atoms with van der Waals surface area (Å²) in [4.78, 5) is 37.6. The molecule has 140 valence electrons. The highest BCUT2D eigenvalue weighted by molar-refractivity contribution is 6.21. The second kappa shape index (κ2) is 8.03. The summed E-state index contributed by atoms with van der Waals surface area (Å²) in [6, 6.07) is 12.6. The van der Waals surface area contributed by atoms with Crippen LogP contribution < -0.4 is 10.1 Å². The molecule has 0 fully saturated rings. The van der Waals surface area contributed by atoms with Gasteiger partial charge in [0.25, 0.3) is 11.8 Å². The fraction of sp³-hybridized carbons (Fsp3) is 0.286. The van der Waals surface area contributed by atoms with Gasteiger partial charge in [0.2, 0.25) is 5.91 Å². The molecule has 2 aromatic carbocycles. The molecule has 6 nitrogen and oxygen atoms in total. The third-order valence-corrected chi connectivity index (χ3v) is 4.52. The Morgan fingerprint density at radius 3 is 2.15 bits per heavy atom. The molecule has 0 saturated heterocycles. The molecule has 1 aliphatic heterocycles. The van der Waals surface area contributed by atoms with Gasteiger partial charge in [0.05, 0.1) is 17.7 Å². The van der Waals surface area contributed by atoms with Crippen molar-refractivity contribution in [2.75, 3.05) is 19.7 Å². The fourth-order valence-corrected chi connectivity index (χ4v) is 3.11. The van der Waals surface area contributed by atoms with E-state index in [0.717, 1.165) is 21.8 Å². The third-order valence-electron chi connectivity index (χ3n) is 4.52. The van der Waals surface area contributed by atoms with Gasteiger partial charge in [-0.05, 0) is 37.1 Å². The molecule has 0 spiro atoms. The SMILES string of the molecule is Cc1cccc(C)c1OCCNC(=O)CCN1C(=O)c2ccccc2C1=O. The Morgan fingerprint density at radius 1 is 0.963 bits per heavy atom. The van der Waals surface area contributed by atoms with Gasteiger partial charge in [-0.3, -0.25) is 19.3 Å². The summed E-state index contributed by atoms with van der Waals surface area (Å²) >= 11 is 0. The van der Waals surface area contributed by atoms with Gasteiger partial charge < -0.3 is 10.1 Å². The van der Waals surface area contributed by atoms with Crippen LogP contribution in [-0.2, 0) is 4.79 Å². The lowest BCUT2D eigenvalue weighted by Gasteiger charge is -2.14. The number of amides is 3. The molecule has 0 saturated carbocycles. The minimum atomic E-state index is -0.346. The summed E-state index contributed by atoms with van der Waals surface area (Å²) in [7, 11) is 0. The van der Waals surface area contributed by atoms with E-state index in [1.54, 1.807) is 24.3 Å². The van der Waals surface area contributed by atoms with Crippen molar-refractivity contribution in [3.63, 3.8) is 0 Å². The van der Waals surface area contributed by atoms with Gasteiger partial charge in [0, 0.05) is 13.0 Å². The molecule has 0 radical (unpaired) electrons. The second-order valence-electron chi connectivity index (χ2n) is 6.48. The fourth-order valence-electron chi connectivity index (χ4n) is 3.11. The molecule has 6 heteroatoms. The lowest BCUT2D eigenvalue weighted by molar-refractivity contribution is -0.121. The number of imide groups is 1. The zero-order chi connectivity index (χ0) is 19.4. The largest absolute Gasteiger partial charge is 0.491 e. The van der Waals surface area contributed by atoms with E-state index < -0.39 is 0 Å². The topological polar surface area (TPSA) is 75.7 Å². The number of carbonyl (C=O) groups is 3. The maximum atomic E-state index is 12.3. The standard InChI is InChI=1S/C21H22N2O4/c1-14-6-5-7-15(2)19(14)27-13-11-22-18(24)10-12-23-20(25)16-8-3-4-9-17(16)21(23)26/h3-9H,10-13H2,1-2H3,(H,22,24). The van der Waals surface area contributed by atoms with E-state index in [1.807, 2.05) is 32.0 Å². The highest BCUT2D eigenvalue weighted by Crippen LogP contribution is 2.23. The maximum Gasteiger partial charge on any atom is 0.261 e. The van der Waals surface area contributed by atoms with Crippen LogP contribution in [0, 0.1) is 13.8 Å². The summed E-state index contributed by atoms with van der Waals surface area (Å²) in [6.45, 7) is 4.72. The van der Waals surface area contributed by atoms with Gasteiger partial charge >= 0.3 is 0 Å². The maximum absolute atomic E-state index is 12.3. The number of nitrogens with one attached hydrogen (secondary N) is 1. The van der Waals surface area contributed by atoms with Crippen LogP contribution in [-0.4, -0.2) is 42.3 Å². The first-order valence-corrected chi connectivity index (χ1v) is 8.90. The summed E-state index contributed by atoms with van der Waals surface area (Å²) in [5.41, 5.74) is 2.88. The van der Waals surface area contributed by atoms with E-state index in [1.165, 1.54) is 0 Å². The molecule has 0 aliphatic carbocycles. The summed E-state index contributed by atoms with van der Waals surface area (Å²) in [5.74, 6) is -0.0852. The highest BCUT2D eigenvalue weighted by Gasteiger charge is 2.34. The number of ether oxygens (including phenoxy) is 1. The lowest BCUT2D eigenvalue weighted by Crippen LogP contribution is -2.35. The Kier molecular flexibility index (Phi) is 5.54. The molecular formula is C21H22N2O4. The summed E-state index contributed by atoms with van der Waals surface area (Å²) in [5, 5.41) is 2.75. The van der Waals surface area contributed by atoms with Crippen molar-refractivity contribution in [1.29, 1.82) is 0 Å².